The highest BCUT2D eigenvalue weighted by Crippen LogP contribution is 2.15. The third-order valence-corrected chi connectivity index (χ3v) is 3.09. The number of hydrogen-bond acceptors (Lipinski definition) is 2. The maximum absolute atomic E-state index is 5.54. The Morgan fingerprint density at radius 2 is 1.67 bits per heavy atom. The van der Waals surface area contributed by atoms with Gasteiger partial charge in [-0.3, -0.25) is 0 Å². The van der Waals surface area contributed by atoms with Crippen LogP contribution in [0.1, 0.15) is 16.0 Å². The van der Waals surface area contributed by atoms with Crippen molar-refractivity contribution in [1.82, 2.24) is 0 Å². The predicted molar refractivity (Wildman–Crippen MR) is 68.7 cm³/mol. The SMILES string of the molecule is Cl.NCc1ccc(Cc2cccs2)cc1. The van der Waals surface area contributed by atoms with Gasteiger partial charge < -0.3 is 5.73 Å². The second-order valence-corrected chi connectivity index (χ2v) is 4.31. The van der Waals surface area contributed by atoms with Crippen molar-refractivity contribution in [2.45, 2.75) is 13.0 Å². The van der Waals surface area contributed by atoms with Crippen molar-refractivity contribution >= 4 is 23.7 Å². The number of nitrogens with two attached hydrogens (primary N) is 1. The highest BCUT2D eigenvalue weighted by molar-refractivity contribution is 7.09. The van der Waals surface area contributed by atoms with Gasteiger partial charge in [-0.25, -0.2) is 0 Å². The number of halogens is 1. The topological polar surface area (TPSA) is 26.0 Å². The summed E-state index contributed by atoms with van der Waals surface area (Å²) in [4.78, 5) is 1.41. The number of benzene rings is 1. The molecule has 0 spiro atoms. The number of hydrogen-bond donors (Lipinski definition) is 1. The Labute approximate surface area is 100 Å². The minimum Gasteiger partial charge on any atom is -0.326 e. The Morgan fingerprint density at radius 3 is 2.20 bits per heavy atom. The van der Waals surface area contributed by atoms with E-state index in [-0.39, 0.29) is 12.4 Å². The van der Waals surface area contributed by atoms with Gasteiger partial charge in [0.1, 0.15) is 0 Å². The summed E-state index contributed by atoms with van der Waals surface area (Å²) >= 11 is 1.80. The van der Waals surface area contributed by atoms with E-state index in [1.54, 1.807) is 11.3 Å². The van der Waals surface area contributed by atoms with Crippen LogP contribution in [0.2, 0.25) is 0 Å². The van der Waals surface area contributed by atoms with Crippen molar-refractivity contribution in [2.24, 2.45) is 5.73 Å². The number of rotatable bonds is 3. The molecule has 1 nitrogen and oxygen atoms in total. The summed E-state index contributed by atoms with van der Waals surface area (Å²) in [6.45, 7) is 0.624. The fourth-order valence-corrected chi connectivity index (χ4v) is 2.15. The smallest absolute Gasteiger partial charge is 0.0178 e. The summed E-state index contributed by atoms with van der Waals surface area (Å²) in [7, 11) is 0. The van der Waals surface area contributed by atoms with Crippen molar-refractivity contribution in [2.75, 3.05) is 0 Å². The van der Waals surface area contributed by atoms with Crippen molar-refractivity contribution in [3.05, 3.63) is 57.8 Å². The highest BCUT2D eigenvalue weighted by atomic mass is 35.5. The molecule has 0 unspecified atom stereocenters. The Balaban J connectivity index is 0.00000112. The summed E-state index contributed by atoms with van der Waals surface area (Å²) in [5.74, 6) is 0. The molecule has 0 aliphatic rings. The molecule has 2 aromatic rings. The molecule has 0 amide bonds. The van der Waals surface area contributed by atoms with E-state index in [9.17, 15) is 0 Å². The molecule has 0 fully saturated rings. The van der Waals surface area contributed by atoms with E-state index in [0.717, 1.165) is 6.42 Å². The number of thiophene rings is 1. The van der Waals surface area contributed by atoms with E-state index in [2.05, 4.69) is 41.8 Å². The van der Waals surface area contributed by atoms with Crippen molar-refractivity contribution in [1.29, 1.82) is 0 Å². The van der Waals surface area contributed by atoms with Crippen LogP contribution >= 0.6 is 23.7 Å². The Hall–Kier alpha value is -0.830. The molecule has 0 aliphatic heterocycles. The van der Waals surface area contributed by atoms with Gasteiger partial charge >= 0.3 is 0 Å². The van der Waals surface area contributed by atoms with Crippen molar-refractivity contribution < 1.29 is 0 Å². The zero-order valence-corrected chi connectivity index (χ0v) is 9.98. The van der Waals surface area contributed by atoms with Crippen LogP contribution in [0.15, 0.2) is 41.8 Å². The molecule has 0 saturated heterocycles. The Kier molecular flexibility index (Phi) is 4.82. The fraction of sp³-hybridized carbons (Fsp3) is 0.167. The normalized spacial score (nSPS) is 9.67. The van der Waals surface area contributed by atoms with Gasteiger partial charge in [0.2, 0.25) is 0 Å². The highest BCUT2D eigenvalue weighted by Gasteiger charge is 1.96. The Bertz CT molecular complexity index is 381. The second kappa shape index (κ2) is 5.91. The van der Waals surface area contributed by atoms with Crippen LogP contribution in [-0.4, -0.2) is 0 Å². The lowest BCUT2D eigenvalue weighted by molar-refractivity contribution is 1.06. The molecule has 0 bridgehead atoms. The summed E-state index contributed by atoms with van der Waals surface area (Å²) in [5.41, 5.74) is 8.08. The van der Waals surface area contributed by atoms with Gasteiger partial charge in [0.05, 0.1) is 0 Å². The van der Waals surface area contributed by atoms with Crippen LogP contribution in [-0.2, 0) is 13.0 Å². The third-order valence-electron chi connectivity index (χ3n) is 2.22. The monoisotopic (exact) mass is 239 g/mol. The third kappa shape index (κ3) is 3.34. The first kappa shape index (κ1) is 12.2. The molecule has 15 heavy (non-hydrogen) atoms. The van der Waals surface area contributed by atoms with Crippen LogP contribution < -0.4 is 5.73 Å². The zero-order chi connectivity index (χ0) is 9.80. The van der Waals surface area contributed by atoms with Gasteiger partial charge in [0.25, 0.3) is 0 Å². The Morgan fingerprint density at radius 1 is 1.00 bits per heavy atom. The largest absolute Gasteiger partial charge is 0.326 e. The zero-order valence-electron chi connectivity index (χ0n) is 8.35. The summed E-state index contributed by atoms with van der Waals surface area (Å²) in [5, 5.41) is 2.11. The maximum atomic E-state index is 5.54. The first-order valence-corrected chi connectivity index (χ1v) is 5.57. The van der Waals surface area contributed by atoms with Gasteiger partial charge in [-0.05, 0) is 22.6 Å². The van der Waals surface area contributed by atoms with Crippen LogP contribution in [0.5, 0.6) is 0 Å². The lowest BCUT2D eigenvalue weighted by atomic mass is 10.1. The first-order valence-electron chi connectivity index (χ1n) is 4.69. The molecule has 0 atom stereocenters. The van der Waals surface area contributed by atoms with Crippen molar-refractivity contribution in [3.8, 4) is 0 Å². The van der Waals surface area contributed by atoms with E-state index in [1.165, 1.54) is 16.0 Å². The van der Waals surface area contributed by atoms with Gasteiger partial charge in [-0.2, -0.15) is 0 Å². The lowest BCUT2D eigenvalue weighted by Gasteiger charge is -2.00. The minimum absolute atomic E-state index is 0. The van der Waals surface area contributed by atoms with Crippen LogP contribution in [0.4, 0.5) is 0 Å². The van der Waals surface area contributed by atoms with Gasteiger partial charge in [-0.1, -0.05) is 30.3 Å². The quantitative estimate of drug-likeness (QED) is 0.875. The van der Waals surface area contributed by atoms with Gasteiger partial charge in [-0.15, -0.1) is 23.7 Å². The molecular weight excluding hydrogens is 226 g/mol. The van der Waals surface area contributed by atoms with Gasteiger partial charge in [0, 0.05) is 17.8 Å². The van der Waals surface area contributed by atoms with Crippen LogP contribution in [0.25, 0.3) is 0 Å². The predicted octanol–water partition coefficient (Wildman–Crippen LogP) is 3.22. The first-order chi connectivity index (χ1) is 6.88. The summed E-state index contributed by atoms with van der Waals surface area (Å²) in [6, 6.07) is 12.8. The molecule has 0 aliphatic carbocycles. The van der Waals surface area contributed by atoms with Crippen LogP contribution in [0.3, 0.4) is 0 Å². The molecule has 0 radical (unpaired) electrons. The minimum atomic E-state index is 0. The van der Waals surface area contributed by atoms with Crippen LogP contribution in [0, 0.1) is 0 Å². The molecule has 1 aromatic heterocycles. The molecule has 2 rings (SSSR count). The average molecular weight is 240 g/mol. The van der Waals surface area contributed by atoms with E-state index in [4.69, 9.17) is 5.73 Å². The second-order valence-electron chi connectivity index (χ2n) is 3.28. The van der Waals surface area contributed by atoms with Gasteiger partial charge in [0.15, 0.2) is 0 Å². The molecule has 3 heteroatoms. The molecular formula is C12H14ClNS. The van der Waals surface area contributed by atoms with Crippen molar-refractivity contribution in [3.63, 3.8) is 0 Å². The van der Waals surface area contributed by atoms with E-state index in [0.29, 0.717) is 6.54 Å². The average Bonchev–Trinajstić information content (AvgIpc) is 2.72. The molecule has 2 N–H and O–H groups in total. The standard InChI is InChI=1S/C12H13NS.ClH/c13-9-11-5-3-10(4-6-11)8-12-2-1-7-14-12;/h1-7H,8-9,13H2;1H. The molecule has 1 aromatic carbocycles. The fourth-order valence-electron chi connectivity index (χ4n) is 1.41. The summed E-state index contributed by atoms with van der Waals surface area (Å²) in [6.07, 6.45) is 1.03. The molecule has 1 heterocycles. The lowest BCUT2D eigenvalue weighted by Crippen LogP contribution is -1.95. The molecule has 80 valence electrons. The van der Waals surface area contributed by atoms with E-state index >= 15 is 0 Å². The van der Waals surface area contributed by atoms with E-state index < -0.39 is 0 Å². The summed E-state index contributed by atoms with van der Waals surface area (Å²) < 4.78 is 0. The van der Waals surface area contributed by atoms with E-state index in [1.807, 2.05) is 0 Å². The maximum Gasteiger partial charge on any atom is 0.0178 e. The molecule has 0 saturated carbocycles.